The Kier molecular flexibility index (Phi) is 3.95. The van der Waals surface area contributed by atoms with E-state index in [-0.39, 0.29) is 5.41 Å². The third-order valence-corrected chi connectivity index (χ3v) is 8.85. The fourth-order valence-electron chi connectivity index (χ4n) is 6.88. The molecule has 0 bridgehead atoms. The van der Waals surface area contributed by atoms with Crippen LogP contribution >= 0.6 is 0 Å². The van der Waals surface area contributed by atoms with Gasteiger partial charge in [-0.3, -0.25) is 0 Å². The van der Waals surface area contributed by atoms with Crippen molar-refractivity contribution in [2.45, 2.75) is 46.0 Å². The third-order valence-electron chi connectivity index (χ3n) is 8.85. The molecule has 0 aliphatic heterocycles. The van der Waals surface area contributed by atoms with Gasteiger partial charge in [0, 0.05) is 0 Å². The van der Waals surface area contributed by atoms with Crippen molar-refractivity contribution < 1.29 is 0 Å². The van der Waals surface area contributed by atoms with E-state index in [0.29, 0.717) is 5.92 Å². The molecule has 0 amide bonds. The van der Waals surface area contributed by atoms with Crippen molar-refractivity contribution in [3.05, 3.63) is 96.1 Å². The Balaban J connectivity index is 1.66. The second-order valence-corrected chi connectivity index (χ2v) is 12.4. The van der Waals surface area contributed by atoms with Crippen molar-refractivity contribution in [1.82, 2.24) is 0 Å². The average Bonchev–Trinajstić information content (AvgIpc) is 3.38. The van der Waals surface area contributed by atoms with E-state index < -0.39 is 0 Å². The zero-order valence-corrected chi connectivity index (χ0v) is 22.2. The van der Waals surface area contributed by atoms with E-state index in [9.17, 15) is 0 Å². The van der Waals surface area contributed by atoms with Crippen LogP contribution in [-0.2, 0) is 5.41 Å². The van der Waals surface area contributed by atoms with Crippen LogP contribution in [0.2, 0.25) is 0 Å². The maximum atomic E-state index is 2.51. The maximum Gasteiger partial charge on any atom is -0.00197 e. The summed E-state index contributed by atoms with van der Waals surface area (Å²) in [6.07, 6.45) is 0. The molecular formula is C37H30. The minimum absolute atomic E-state index is 0.118. The Labute approximate surface area is 217 Å². The molecule has 8 aromatic rings. The van der Waals surface area contributed by atoms with Crippen LogP contribution in [0.1, 0.15) is 51.7 Å². The number of hydrogen-bond donors (Lipinski definition) is 0. The quantitative estimate of drug-likeness (QED) is 0.208. The Bertz CT molecular complexity index is 2180. The molecule has 178 valence electrons. The summed E-state index contributed by atoms with van der Waals surface area (Å²) in [7, 11) is 0. The van der Waals surface area contributed by atoms with E-state index in [2.05, 4.69) is 120 Å². The lowest BCUT2D eigenvalue weighted by atomic mass is 9.86. The second kappa shape index (κ2) is 6.90. The van der Waals surface area contributed by atoms with Gasteiger partial charge in [0.05, 0.1) is 0 Å². The molecule has 0 saturated heterocycles. The molecule has 8 aromatic carbocycles. The summed E-state index contributed by atoms with van der Waals surface area (Å²) < 4.78 is 0. The van der Waals surface area contributed by atoms with Crippen LogP contribution in [0.5, 0.6) is 0 Å². The summed E-state index contributed by atoms with van der Waals surface area (Å²) in [5.41, 5.74) is 2.93. The van der Waals surface area contributed by atoms with Gasteiger partial charge in [-0.25, -0.2) is 0 Å². The molecule has 0 saturated carbocycles. The monoisotopic (exact) mass is 474 g/mol. The van der Waals surface area contributed by atoms with Gasteiger partial charge < -0.3 is 0 Å². The summed E-state index contributed by atoms with van der Waals surface area (Å²) in [6, 6.07) is 32.9. The predicted octanol–water partition coefficient (Wildman–Crippen LogP) is 11.1. The lowest BCUT2D eigenvalue weighted by Crippen LogP contribution is -2.10. The van der Waals surface area contributed by atoms with Crippen molar-refractivity contribution in [2.24, 2.45) is 0 Å². The van der Waals surface area contributed by atoms with E-state index in [1.165, 1.54) is 86.5 Å². The van der Waals surface area contributed by atoms with E-state index in [1.54, 1.807) is 0 Å². The van der Waals surface area contributed by atoms with Crippen LogP contribution in [-0.4, -0.2) is 0 Å². The summed E-state index contributed by atoms with van der Waals surface area (Å²) in [6.45, 7) is 11.6. The van der Waals surface area contributed by atoms with Gasteiger partial charge in [0.25, 0.3) is 0 Å². The highest BCUT2D eigenvalue weighted by Gasteiger charge is 2.21. The molecule has 0 heteroatoms. The fourth-order valence-corrected chi connectivity index (χ4v) is 6.88. The van der Waals surface area contributed by atoms with Gasteiger partial charge in [0.1, 0.15) is 0 Å². The standard InChI is InChI=1S/C37H30/c1-20(2)21-15-31-23-9-6-7-10-24(23)33-18-29-27-12-8-11-26-25-14-13-22(37(3,4)5)17-28(25)34(35(26)27)19-30(29)32(16-21)36(31)33/h6-20H,1-5H3. The van der Waals surface area contributed by atoms with Crippen LogP contribution in [0.4, 0.5) is 0 Å². The van der Waals surface area contributed by atoms with Crippen molar-refractivity contribution in [3.63, 3.8) is 0 Å². The van der Waals surface area contributed by atoms with Gasteiger partial charge in [-0.2, -0.15) is 0 Å². The summed E-state index contributed by atoms with van der Waals surface area (Å²) >= 11 is 0. The highest BCUT2D eigenvalue weighted by atomic mass is 14.2. The predicted molar refractivity (Wildman–Crippen MR) is 164 cm³/mol. The Morgan fingerprint density at radius 2 is 0.892 bits per heavy atom. The first-order valence-corrected chi connectivity index (χ1v) is 13.6. The van der Waals surface area contributed by atoms with E-state index in [1.807, 2.05) is 0 Å². The Morgan fingerprint density at radius 1 is 0.432 bits per heavy atom. The lowest BCUT2D eigenvalue weighted by molar-refractivity contribution is 0.591. The first kappa shape index (κ1) is 21.2. The normalized spacial score (nSPS) is 13.2. The van der Waals surface area contributed by atoms with E-state index in [4.69, 9.17) is 0 Å². The Hall–Kier alpha value is -3.90. The Morgan fingerprint density at radius 3 is 1.54 bits per heavy atom. The highest BCUT2D eigenvalue weighted by molar-refractivity contribution is 6.41. The van der Waals surface area contributed by atoms with Crippen LogP contribution in [0.3, 0.4) is 0 Å². The van der Waals surface area contributed by atoms with Crippen LogP contribution in [0.15, 0.2) is 84.9 Å². The van der Waals surface area contributed by atoms with Crippen LogP contribution < -0.4 is 0 Å². The van der Waals surface area contributed by atoms with Gasteiger partial charge in [-0.15, -0.1) is 0 Å². The lowest BCUT2D eigenvalue weighted by Gasteiger charge is -2.19. The largest absolute Gasteiger partial charge is 0.0616 e. The molecule has 0 N–H and O–H groups in total. The van der Waals surface area contributed by atoms with Gasteiger partial charge >= 0.3 is 0 Å². The molecule has 37 heavy (non-hydrogen) atoms. The molecule has 0 aliphatic rings. The van der Waals surface area contributed by atoms with Gasteiger partial charge in [-0.1, -0.05) is 101 Å². The van der Waals surface area contributed by atoms with Crippen LogP contribution in [0.25, 0.3) is 75.4 Å². The molecule has 0 aromatic heterocycles. The summed E-state index contributed by atoms with van der Waals surface area (Å²) in [4.78, 5) is 0. The summed E-state index contributed by atoms with van der Waals surface area (Å²) in [5.74, 6) is 0.476. The number of hydrogen-bond acceptors (Lipinski definition) is 0. The number of rotatable bonds is 1. The maximum absolute atomic E-state index is 2.51. The molecule has 0 aliphatic carbocycles. The zero-order chi connectivity index (χ0) is 25.2. The molecular weight excluding hydrogens is 444 g/mol. The SMILES string of the molecule is CC(C)c1cc2c3ccccc3c3cc4c(cc5c6cc(C(C)(C)C)ccc6c6cccc4c65)c(c1)c23. The molecule has 0 spiro atoms. The van der Waals surface area contributed by atoms with Gasteiger partial charge in [0.2, 0.25) is 0 Å². The second-order valence-electron chi connectivity index (χ2n) is 12.4. The minimum atomic E-state index is 0.118. The first-order chi connectivity index (χ1) is 17.8. The average molecular weight is 475 g/mol. The molecule has 0 fully saturated rings. The van der Waals surface area contributed by atoms with Crippen LogP contribution in [0, 0.1) is 0 Å². The van der Waals surface area contributed by atoms with E-state index in [0.717, 1.165) is 0 Å². The van der Waals surface area contributed by atoms with Crippen molar-refractivity contribution >= 4 is 75.4 Å². The molecule has 0 heterocycles. The highest BCUT2D eigenvalue weighted by Crippen LogP contribution is 2.48. The third kappa shape index (κ3) is 2.68. The molecule has 0 unspecified atom stereocenters. The summed E-state index contributed by atoms with van der Waals surface area (Å²) in [5, 5.41) is 19.4. The fraction of sp³-hybridized carbons (Fsp3) is 0.189. The zero-order valence-electron chi connectivity index (χ0n) is 22.2. The smallest absolute Gasteiger partial charge is 0.00197 e. The van der Waals surface area contributed by atoms with Crippen molar-refractivity contribution in [2.75, 3.05) is 0 Å². The van der Waals surface area contributed by atoms with Gasteiger partial charge in [-0.05, 0) is 116 Å². The van der Waals surface area contributed by atoms with Crippen molar-refractivity contribution in [3.8, 4) is 0 Å². The first-order valence-electron chi connectivity index (χ1n) is 13.6. The number of benzene rings is 6. The topological polar surface area (TPSA) is 0 Å². The molecule has 0 atom stereocenters. The molecule has 0 radical (unpaired) electrons. The molecule has 0 nitrogen and oxygen atoms in total. The van der Waals surface area contributed by atoms with Crippen molar-refractivity contribution in [1.29, 1.82) is 0 Å². The van der Waals surface area contributed by atoms with E-state index >= 15 is 0 Å². The minimum Gasteiger partial charge on any atom is -0.0616 e. The van der Waals surface area contributed by atoms with Gasteiger partial charge in [0.15, 0.2) is 0 Å². The number of fused-ring (bicyclic) bond motifs is 9. The molecule has 8 rings (SSSR count).